The van der Waals surface area contributed by atoms with Crippen LogP contribution in [-0.4, -0.2) is 43.7 Å². The number of carbonyl (C=O) groups excluding carboxylic acids is 3. The lowest BCUT2D eigenvalue weighted by atomic mass is 10.1. The van der Waals surface area contributed by atoms with Crippen molar-refractivity contribution in [3.8, 4) is 5.75 Å². The topological polar surface area (TPSA) is 122 Å². The molecule has 3 rings (SSSR count). The summed E-state index contributed by atoms with van der Waals surface area (Å²) < 4.78 is 9.79. The molecule has 0 saturated heterocycles. The molecular weight excluding hydrogens is 376 g/mol. The van der Waals surface area contributed by atoms with Gasteiger partial charge in [0.1, 0.15) is 5.75 Å². The Morgan fingerprint density at radius 3 is 2.38 bits per heavy atom. The van der Waals surface area contributed by atoms with Crippen LogP contribution in [0.2, 0.25) is 0 Å². The zero-order chi connectivity index (χ0) is 20.8. The summed E-state index contributed by atoms with van der Waals surface area (Å²) in [5.41, 5.74) is 2.16. The summed E-state index contributed by atoms with van der Waals surface area (Å²) in [7, 11) is 2.85. The van der Waals surface area contributed by atoms with E-state index in [-0.39, 0.29) is 6.54 Å². The summed E-state index contributed by atoms with van der Waals surface area (Å²) in [6.45, 7) is -0.225. The second kappa shape index (κ2) is 8.79. The smallest absolute Gasteiger partial charge is 0.340 e. The van der Waals surface area contributed by atoms with Crippen molar-refractivity contribution in [2.75, 3.05) is 31.4 Å². The first-order chi connectivity index (χ1) is 14.0. The third kappa shape index (κ3) is 4.83. The lowest BCUT2D eigenvalue weighted by Gasteiger charge is -2.09. The number of hydrogen-bond acceptors (Lipinski definition) is 5. The van der Waals surface area contributed by atoms with Gasteiger partial charge in [-0.05, 0) is 42.5 Å². The van der Waals surface area contributed by atoms with Gasteiger partial charge in [-0.25, -0.2) is 9.59 Å². The largest absolute Gasteiger partial charge is 0.497 e. The van der Waals surface area contributed by atoms with Crippen molar-refractivity contribution in [1.82, 2.24) is 10.3 Å². The molecule has 0 aliphatic heterocycles. The van der Waals surface area contributed by atoms with E-state index < -0.39 is 17.9 Å². The number of rotatable bonds is 6. The number of H-pyrrole nitrogens is 1. The van der Waals surface area contributed by atoms with E-state index in [0.717, 1.165) is 5.52 Å². The highest BCUT2D eigenvalue weighted by Gasteiger charge is 2.13. The van der Waals surface area contributed by atoms with E-state index in [1.54, 1.807) is 55.8 Å². The molecule has 0 fully saturated rings. The Morgan fingerprint density at radius 2 is 1.69 bits per heavy atom. The summed E-state index contributed by atoms with van der Waals surface area (Å²) >= 11 is 0. The van der Waals surface area contributed by atoms with Crippen LogP contribution in [0.1, 0.15) is 10.4 Å². The molecule has 29 heavy (non-hydrogen) atoms. The van der Waals surface area contributed by atoms with E-state index in [9.17, 15) is 14.4 Å². The van der Waals surface area contributed by atoms with Crippen LogP contribution in [0.4, 0.5) is 16.2 Å². The molecule has 0 radical (unpaired) electrons. The first-order valence-electron chi connectivity index (χ1n) is 8.68. The molecular formula is C20H20N4O5. The fraction of sp³-hybridized carbons (Fsp3) is 0.150. The Bertz CT molecular complexity index is 1040. The van der Waals surface area contributed by atoms with Gasteiger partial charge in [0.15, 0.2) is 0 Å². The van der Waals surface area contributed by atoms with Crippen molar-refractivity contribution >= 4 is 40.2 Å². The second-order valence-electron chi connectivity index (χ2n) is 6.04. The molecule has 0 aliphatic carbocycles. The lowest BCUT2D eigenvalue weighted by molar-refractivity contribution is -0.115. The Balaban J connectivity index is 1.56. The predicted molar refractivity (Wildman–Crippen MR) is 108 cm³/mol. The van der Waals surface area contributed by atoms with Crippen molar-refractivity contribution in [3.63, 3.8) is 0 Å². The molecule has 0 spiro atoms. The zero-order valence-corrected chi connectivity index (χ0v) is 15.9. The highest BCUT2D eigenvalue weighted by atomic mass is 16.5. The van der Waals surface area contributed by atoms with Gasteiger partial charge in [0.25, 0.3) is 0 Å². The quantitative estimate of drug-likeness (QED) is 0.477. The molecule has 9 nitrogen and oxygen atoms in total. The molecule has 0 atom stereocenters. The predicted octanol–water partition coefficient (Wildman–Crippen LogP) is 2.72. The third-order valence-electron chi connectivity index (χ3n) is 4.13. The van der Waals surface area contributed by atoms with Gasteiger partial charge in [0.2, 0.25) is 5.91 Å². The molecule has 0 bridgehead atoms. The summed E-state index contributed by atoms with van der Waals surface area (Å²) in [5.74, 6) is -0.217. The number of benzene rings is 2. The molecule has 0 aliphatic rings. The highest BCUT2D eigenvalue weighted by Crippen LogP contribution is 2.23. The number of aromatic amines is 1. The van der Waals surface area contributed by atoms with Crippen molar-refractivity contribution in [2.24, 2.45) is 0 Å². The monoisotopic (exact) mass is 396 g/mol. The number of nitrogens with one attached hydrogen (secondary N) is 4. The van der Waals surface area contributed by atoms with Crippen LogP contribution in [0.3, 0.4) is 0 Å². The first-order valence-corrected chi connectivity index (χ1v) is 8.68. The fourth-order valence-electron chi connectivity index (χ4n) is 2.69. The third-order valence-corrected chi connectivity index (χ3v) is 4.13. The minimum Gasteiger partial charge on any atom is -0.497 e. The second-order valence-corrected chi connectivity index (χ2v) is 6.04. The van der Waals surface area contributed by atoms with E-state index in [4.69, 9.17) is 9.47 Å². The van der Waals surface area contributed by atoms with Crippen LogP contribution >= 0.6 is 0 Å². The lowest BCUT2D eigenvalue weighted by Crippen LogP contribution is -2.35. The van der Waals surface area contributed by atoms with Gasteiger partial charge in [0.05, 0.1) is 26.3 Å². The van der Waals surface area contributed by atoms with Gasteiger partial charge in [0, 0.05) is 28.5 Å². The Morgan fingerprint density at radius 1 is 0.966 bits per heavy atom. The van der Waals surface area contributed by atoms with Crippen molar-refractivity contribution in [2.45, 2.75) is 0 Å². The maximum Gasteiger partial charge on any atom is 0.340 e. The van der Waals surface area contributed by atoms with Crippen LogP contribution in [-0.2, 0) is 9.53 Å². The maximum atomic E-state index is 12.1. The highest BCUT2D eigenvalue weighted by molar-refractivity contribution is 6.06. The molecule has 3 aromatic rings. The van der Waals surface area contributed by atoms with Gasteiger partial charge < -0.3 is 30.4 Å². The number of urea groups is 1. The van der Waals surface area contributed by atoms with Gasteiger partial charge in [-0.1, -0.05) is 0 Å². The molecule has 0 saturated carbocycles. The van der Waals surface area contributed by atoms with E-state index in [2.05, 4.69) is 20.9 Å². The average Bonchev–Trinajstić information content (AvgIpc) is 3.15. The number of hydrogen-bond donors (Lipinski definition) is 4. The summed E-state index contributed by atoms with van der Waals surface area (Å²) in [5, 5.41) is 8.40. The fourth-order valence-corrected chi connectivity index (χ4v) is 2.69. The van der Waals surface area contributed by atoms with E-state index in [0.29, 0.717) is 28.1 Å². The Labute approximate surface area is 166 Å². The molecule has 1 heterocycles. The number of fused-ring (bicyclic) bond motifs is 1. The molecule has 4 N–H and O–H groups in total. The molecule has 9 heteroatoms. The Hall–Kier alpha value is -4.01. The number of methoxy groups -OCH3 is 2. The number of amides is 3. The van der Waals surface area contributed by atoms with Gasteiger partial charge in [-0.3, -0.25) is 4.79 Å². The van der Waals surface area contributed by atoms with E-state index in [1.165, 1.54) is 7.11 Å². The minimum absolute atomic E-state index is 0.225. The van der Waals surface area contributed by atoms with Crippen LogP contribution in [0.15, 0.2) is 48.7 Å². The summed E-state index contributed by atoms with van der Waals surface area (Å²) in [4.78, 5) is 38.8. The average molecular weight is 396 g/mol. The molecule has 3 amide bonds. The number of ether oxygens (including phenoxy) is 2. The number of aromatic nitrogens is 1. The number of esters is 1. The number of anilines is 2. The normalized spacial score (nSPS) is 10.3. The SMILES string of the molecule is COC(=O)c1c[nH]c2ccc(NC(=O)CNC(=O)Nc3ccc(OC)cc3)cc12. The summed E-state index contributed by atoms with van der Waals surface area (Å²) in [6.07, 6.45) is 1.55. The van der Waals surface area contributed by atoms with Crippen molar-refractivity contribution in [3.05, 3.63) is 54.2 Å². The van der Waals surface area contributed by atoms with Crippen LogP contribution < -0.4 is 20.7 Å². The molecule has 150 valence electrons. The van der Waals surface area contributed by atoms with Gasteiger partial charge in [-0.2, -0.15) is 0 Å². The number of carbonyl (C=O) groups is 3. The molecule has 0 unspecified atom stereocenters. The first kappa shape index (κ1) is 19.7. The minimum atomic E-state index is -0.514. The molecule has 1 aromatic heterocycles. The maximum absolute atomic E-state index is 12.1. The van der Waals surface area contributed by atoms with Gasteiger partial charge in [-0.15, -0.1) is 0 Å². The van der Waals surface area contributed by atoms with Crippen molar-refractivity contribution in [1.29, 1.82) is 0 Å². The van der Waals surface area contributed by atoms with Crippen LogP contribution in [0.25, 0.3) is 10.9 Å². The molecule has 2 aromatic carbocycles. The van der Waals surface area contributed by atoms with Crippen molar-refractivity contribution < 1.29 is 23.9 Å². The van der Waals surface area contributed by atoms with Crippen LogP contribution in [0, 0.1) is 0 Å². The van der Waals surface area contributed by atoms with E-state index >= 15 is 0 Å². The van der Waals surface area contributed by atoms with E-state index in [1.807, 2.05) is 0 Å². The summed E-state index contributed by atoms with van der Waals surface area (Å²) in [6, 6.07) is 11.4. The Kier molecular flexibility index (Phi) is 5.98. The van der Waals surface area contributed by atoms with Gasteiger partial charge >= 0.3 is 12.0 Å². The standard InChI is InChI=1S/C20H20N4O5/c1-28-14-6-3-12(4-7-14)24-20(27)22-11-18(25)23-13-5-8-17-15(9-13)16(10-21-17)19(26)29-2/h3-10,21H,11H2,1-2H3,(H,23,25)(H2,22,24,27). The zero-order valence-electron chi connectivity index (χ0n) is 15.9. The van der Waals surface area contributed by atoms with Crippen LogP contribution in [0.5, 0.6) is 5.75 Å².